The second-order valence-electron chi connectivity index (χ2n) is 18.3. The molecule has 1 unspecified atom stereocenters. The van der Waals surface area contributed by atoms with Gasteiger partial charge >= 0.3 is 19.8 Å². The molecule has 2 rings (SSSR count). The van der Waals surface area contributed by atoms with E-state index in [1.54, 1.807) is 0 Å². The van der Waals surface area contributed by atoms with Crippen molar-refractivity contribution in [1.29, 1.82) is 0 Å². The molecule has 1 heterocycles. The van der Waals surface area contributed by atoms with Crippen molar-refractivity contribution in [2.75, 3.05) is 13.2 Å². The molecule has 0 radical (unpaired) electrons. The number of esters is 2. The standard InChI is InChI=1S/C51H87O16P/c1-3-5-7-8-9-10-11-12-13-14-15-16-17-18-19-20-21-22-27-31-44(55)64-36-39-37-65-68(62,63)67-51-49(60)47(58)41(34-33-38(52)29-25-6-4-2)43(54)35-42(53)40(46(57)48(59)50(51)61)30-26-23-24-28-32-45(56)66-39/h9-10,12-13,15-16,18-19,33-34,38-43,46-54,57-61H,3-8,11,14,17,20-32,35-37H2,1-2H3,(H,62,63)/b10-9-,13-12-,16-15-,19-18-,34-33+/t38-,39+,40-,41-,42-,43+,46+,47+,48-,49+,50+,51+/m0/s1. The van der Waals surface area contributed by atoms with Crippen molar-refractivity contribution in [2.24, 2.45) is 11.8 Å². The summed E-state index contributed by atoms with van der Waals surface area (Å²) < 4.78 is 34.7. The molecule has 0 aromatic rings. The van der Waals surface area contributed by atoms with E-state index in [9.17, 15) is 59.9 Å². The fourth-order valence-electron chi connectivity index (χ4n) is 8.25. The second-order valence-corrected chi connectivity index (χ2v) is 19.7. The molecule has 2 aliphatic rings. The van der Waals surface area contributed by atoms with Crippen LogP contribution in [-0.4, -0.2) is 132 Å². The summed E-state index contributed by atoms with van der Waals surface area (Å²) in [7, 11) is -5.44. The third-order valence-corrected chi connectivity index (χ3v) is 13.4. The quantitative estimate of drug-likeness (QED) is 0.0206. The zero-order chi connectivity index (χ0) is 50.2. The zero-order valence-corrected chi connectivity index (χ0v) is 41.6. The smallest absolute Gasteiger partial charge is 0.462 e. The molecular formula is C51H87O16P. The minimum atomic E-state index is -5.44. The molecule has 0 spiro atoms. The number of carbonyl (C=O) groups excluding carboxylic acids is 2. The van der Waals surface area contributed by atoms with Gasteiger partial charge in [0, 0.05) is 31.1 Å². The third-order valence-electron chi connectivity index (χ3n) is 12.4. The van der Waals surface area contributed by atoms with Crippen molar-refractivity contribution in [2.45, 2.75) is 223 Å². The molecule has 2 fully saturated rings. The maximum Gasteiger partial charge on any atom is 0.472 e. The molecule has 0 aromatic carbocycles. The number of fused-ring (bicyclic) bond motifs is 4. The second kappa shape index (κ2) is 36.4. The van der Waals surface area contributed by atoms with E-state index in [0.717, 1.165) is 57.8 Å². The molecule has 2 bridgehead atoms. The van der Waals surface area contributed by atoms with Gasteiger partial charge in [0.05, 0.1) is 37.1 Å². The van der Waals surface area contributed by atoms with Crippen molar-refractivity contribution in [1.82, 2.24) is 0 Å². The van der Waals surface area contributed by atoms with Crippen LogP contribution in [0.1, 0.15) is 162 Å². The van der Waals surface area contributed by atoms with Gasteiger partial charge in [-0.3, -0.25) is 18.6 Å². The van der Waals surface area contributed by atoms with Crippen LogP contribution >= 0.6 is 7.82 Å². The Kier molecular flexibility index (Phi) is 32.9. The van der Waals surface area contributed by atoms with Gasteiger partial charge in [-0.2, -0.15) is 0 Å². The van der Waals surface area contributed by atoms with Crippen LogP contribution in [0.5, 0.6) is 0 Å². The number of aliphatic hydroxyl groups is 8. The highest BCUT2D eigenvalue weighted by atomic mass is 31.2. The van der Waals surface area contributed by atoms with Crippen molar-refractivity contribution in [3.05, 3.63) is 60.8 Å². The number of phosphoric acid groups is 1. The summed E-state index contributed by atoms with van der Waals surface area (Å²) in [5.41, 5.74) is 0. The number of rotatable bonds is 24. The Morgan fingerprint density at radius 3 is 1.96 bits per heavy atom. The highest BCUT2D eigenvalue weighted by Gasteiger charge is 2.49. The average Bonchev–Trinajstić information content (AvgIpc) is 3.31. The van der Waals surface area contributed by atoms with Gasteiger partial charge in [0.15, 0.2) is 6.10 Å². The number of unbranched alkanes of at least 4 members (excludes halogenated alkanes) is 8. The first-order valence-corrected chi connectivity index (χ1v) is 26.8. The molecule has 1 saturated heterocycles. The number of carbonyl (C=O) groups is 2. The largest absolute Gasteiger partial charge is 0.472 e. The van der Waals surface area contributed by atoms with Crippen LogP contribution < -0.4 is 0 Å². The van der Waals surface area contributed by atoms with Gasteiger partial charge in [0.25, 0.3) is 0 Å². The summed E-state index contributed by atoms with van der Waals surface area (Å²) in [6.07, 6.45) is 15.8. The van der Waals surface area contributed by atoms with Crippen LogP contribution in [0.15, 0.2) is 60.8 Å². The van der Waals surface area contributed by atoms with Crippen molar-refractivity contribution >= 4 is 19.8 Å². The first-order valence-electron chi connectivity index (χ1n) is 25.3. The van der Waals surface area contributed by atoms with Crippen LogP contribution in [0.4, 0.5) is 0 Å². The summed E-state index contributed by atoms with van der Waals surface area (Å²) in [5.74, 6) is -3.92. The van der Waals surface area contributed by atoms with Crippen LogP contribution in [0, 0.1) is 11.8 Å². The maximum atomic E-state index is 13.5. The highest BCUT2D eigenvalue weighted by Crippen LogP contribution is 2.47. The molecule has 392 valence electrons. The summed E-state index contributed by atoms with van der Waals surface area (Å²) >= 11 is 0. The maximum absolute atomic E-state index is 13.5. The molecule has 1 aliphatic heterocycles. The molecule has 17 heteroatoms. The predicted molar refractivity (Wildman–Crippen MR) is 260 cm³/mol. The van der Waals surface area contributed by atoms with Crippen molar-refractivity contribution < 1.29 is 78.4 Å². The number of aliphatic hydroxyl groups excluding tert-OH is 8. The number of ether oxygens (including phenoxy) is 2. The predicted octanol–water partition coefficient (Wildman–Crippen LogP) is 6.88. The third kappa shape index (κ3) is 26.0. The SMILES string of the molecule is CCCCC/C=C\C/C=C\C/C=C\C/C=C\CCCCCC(=O)OC[C@@H]1COP(=O)(O)O[C@H]2[C@H](O)[C@@H](O)[C@H](O)[C@@H](CCCCCCC(=O)O1)[C@@H](O)C[C@@H](O)[C@H](/C=C/[C@@H](O)CCCCC)[C@@H](O)[C@H]2O. The van der Waals surface area contributed by atoms with Gasteiger partial charge in [-0.1, -0.05) is 132 Å². The monoisotopic (exact) mass is 987 g/mol. The molecule has 1 saturated carbocycles. The van der Waals surface area contributed by atoms with E-state index in [4.69, 9.17) is 18.5 Å². The first kappa shape index (κ1) is 61.5. The summed E-state index contributed by atoms with van der Waals surface area (Å²) in [4.78, 5) is 36.5. The Morgan fingerprint density at radius 2 is 1.31 bits per heavy atom. The number of phosphoric ester groups is 1. The summed E-state index contributed by atoms with van der Waals surface area (Å²) in [6, 6.07) is 0. The van der Waals surface area contributed by atoms with Gasteiger partial charge < -0.3 is 55.2 Å². The Hall–Kier alpha value is -2.57. The fourth-order valence-corrected chi connectivity index (χ4v) is 9.22. The molecule has 0 aromatic heterocycles. The van der Waals surface area contributed by atoms with Crippen LogP contribution in [0.2, 0.25) is 0 Å². The zero-order valence-electron chi connectivity index (χ0n) is 40.7. The number of cyclic esters (lactones) is 1. The molecule has 0 amide bonds. The molecule has 16 nitrogen and oxygen atoms in total. The average molecular weight is 987 g/mol. The van der Waals surface area contributed by atoms with E-state index in [2.05, 4.69) is 55.5 Å². The van der Waals surface area contributed by atoms with Gasteiger partial charge in [-0.05, 0) is 70.6 Å². The molecule has 13 atom stereocenters. The first-order chi connectivity index (χ1) is 32.6. The van der Waals surface area contributed by atoms with Gasteiger partial charge in [-0.15, -0.1) is 0 Å². The van der Waals surface area contributed by atoms with Crippen molar-refractivity contribution in [3.63, 3.8) is 0 Å². The number of allylic oxidation sites excluding steroid dienone is 8. The highest BCUT2D eigenvalue weighted by molar-refractivity contribution is 7.47. The van der Waals surface area contributed by atoms with Crippen LogP contribution in [0.25, 0.3) is 0 Å². The fraction of sp³-hybridized carbons (Fsp3) is 0.765. The van der Waals surface area contributed by atoms with Crippen LogP contribution in [-0.2, 0) is 32.7 Å². The molecule has 68 heavy (non-hydrogen) atoms. The number of hydrogen-bond donors (Lipinski definition) is 9. The Morgan fingerprint density at radius 1 is 0.721 bits per heavy atom. The molecular weight excluding hydrogens is 900 g/mol. The minimum absolute atomic E-state index is 0.0582. The topological polar surface area (TPSA) is 270 Å². The summed E-state index contributed by atoms with van der Waals surface area (Å²) in [6.45, 7) is 2.81. The van der Waals surface area contributed by atoms with E-state index in [1.807, 2.05) is 6.92 Å². The number of hydrogen-bond acceptors (Lipinski definition) is 15. The lowest BCUT2D eigenvalue weighted by Gasteiger charge is -2.37. The summed E-state index contributed by atoms with van der Waals surface area (Å²) in [5, 5.41) is 90.1. The molecule has 1 aliphatic carbocycles. The van der Waals surface area contributed by atoms with E-state index in [1.165, 1.54) is 31.4 Å². The lowest BCUT2D eigenvalue weighted by molar-refractivity contribution is -0.167. The normalized spacial score (nSPS) is 31.7. The van der Waals surface area contributed by atoms with E-state index in [-0.39, 0.29) is 19.3 Å². The minimum Gasteiger partial charge on any atom is -0.462 e. The van der Waals surface area contributed by atoms with Gasteiger partial charge in [-0.25, -0.2) is 4.57 Å². The lowest BCUT2D eigenvalue weighted by atomic mass is 9.82. The van der Waals surface area contributed by atoms with E-state index in [0.29, 0.717) is 44.9 Å². The molecule has 9 N–H and O–H groups in total. The Bertz CT molecular complexity index is 1550. The lowest BCUT2D eigenvalue weighted by Crippen LogP contribution is -2.55. The van der Waals surface area contributed by atoms with Gasteiger partial charge in [0.1, 0.15) is 31.0 Å². The Balaban J connectivity index is 2.07. The van der Waals surface area contributed by atoms with Crippen molar-refractivity contribution in [3.8, 4) is 0 Å². The Labute approximate surface area is 405 Å². The van der Waals surface area contributed by atoms with E-state index >= 15 is 0 Å². The van der Waals surface area contributed by atoms with Crippen LogP contribution in [0.3, 0.4) is 0 Å². The van der Waals surface area contributed by atoms with E-state index < -0.39 is 112 Å². The van der Waals surface area contributed by atoms with Gasteiger partial charge in [0.2, 0.25) is 0 Å².